The predicted octanol–water partition coefficient (Wildman–Crippen LogP) is 1.97. The van der Waals surface area contributed by atoms with Crippen LogP contribution in [0.25, 0.3) is 11.0 Å². The number of fused-ring (bicyclic) bond motifs is 1. The lowest BCUT2D eigenvalue weighted by Gasteiger charge is -2.38. The molecule has 158 valence electrons. The molecule has 2 aromatic rings. The Balaban J connectivity index is 1.39. The molecule has 4 rings (SSSR count). The second kappa shape index (κ2) is 8.73. The highest BCUT2D eigenvalue weighted by molar-refractivity contribution is 5.78. The topological polar surface area (TPSA) is 53.8 Å². The van der Waals surface area contributed by atoms with Crippen molar-refractivity contribution in [3.05, 3.63) is 30.1 Å². The average molecular weight is 407 g/mol. The van der Waals surface area contributed by atoms with Gasteiger partial charge in [-0.1, -0.05) is 12.1 Å². The quantitative estimate of drug-likeness (QED) is 0.759. The van der Waals surface area contributed by atoms with Gasteiger partial charge in [0, 0.05) is 39.3 Å². The summed E-state index contributed by atoms with van der Waals surface area (Å²) in [7, 11) is 0. The van der Waals surface area contributed by atoms with Crippen LogP contribution >= 0.6 is 0 Å². The van der Waals surface area contributed by atoms with Crippen molar-refractivity contribution in [2.24, 2.45) is 0 Å². The number of nitrogens with zero attached hydrogens (tertiary/aromatic N) is 5. The number of amides is 1. The Labute approximate surface area is 168 Å². The van der Waals surface area contributed by atoms with E-state index in [2.05, 4.69) is 14.8 Å². The van der Waals surface area contributed by atoms with Gasteiger partial charge in [0.1, 0.15) is 5.82 Å². The molecule has 2 aliphatic rings. The lowest BCUT2D eigenvalue weighted by Crippen LogP contribution is -2.52. The van der Waals surface area contributed by atoms with Gasteiger partial charge in [-0.05, 0) is 19.1 Å². The molecule has 2 saturated heterocycles. The summed E-state index contributed by atoms with van der Waals surface area (Å²) in [5.41, 5.74) is 1.04. The number of carbonyl (C=O) groups is 1. The minimum absolute atomic E-state index is 0.134. The molecule has 2 aliphatic heterocycles. The third kappa shape index (κ3) is 4.26. The Morgan fingerprint density at radius 1 is 1.10 bits per heavy atom. The van der Waals surface area contributed by atoms with E-state index in [0.29, 0.717) is 62.8 Å². The van der Waals surface area contributed by atoms with Gasteiger partial charge in [-0.15, -0.1) is 0 Å². The Kier molecular flexibility index (Phi) is 6.07. The molecule has 1 atom stereocenters. The molecule has 1 amide bonds. The first-order valence-electron chi connectivity index (χ1n) is 10.1. The summed E-state index contributed by atoms with van der Waals surface area (Å²) in [5, 5.41) is 0. The van der Waals surface area contributed by atoms with E-state index in [4.69, 9.17) is 4.74 Å². The second-order valence-corrected chi connectivity index (χ2v) is 7.59. The maximum absolute atomic E-state index is 13.7. The van der Waals surface area contributed by atoms with Crippen molar-refractivity contribution in [1.29, 1.82) is 0 Å². The first-order valence-corrected chi connectivity index (χ1v) is 10.1. The number of aromatic nitrogens is 2. The number of morpholine rings is 1. The van der Waals surface area contributed by atoms with Gasteiger partial charge in [0.15, 0.2) is 0 Å². The molecule has 0 unspecified atom stereocenters. The zero-order valence-electron chi connectivity index (χ0n) is 16.6. The van der Waals surface area contributed by atoms with Gasteiger partial charge in [-0.25, -0.2) is 4.98 Å². The summed E-state index contributed by atoms with van der Waals surface area (Å²) < 4.78 is 33.8. The summed E-state index contributed by atoms with van der Waals surface area (Å²) in [5.74, 6) is 0.522. The Bertz CT molecular complexity index is 845. The predicted molar refractivity (Wildman–Crippen MR) is 105 cm³/mol. The fourth-order valence-electron chi connectivity index (χ4n) is 4.14. The highest BCUT2D eigenvalue weighted by atomic mass is 19.3. The number of para-hydroxylation sites is 2. The Morgan fingerprint density at radius 2 is 1.79 bits per heavy atom. The molecule has 7 nitrogen and oxygen atoms in total. The van der Waals surface area contributed by atoms with E-state index < -0.39 is 6.55 Å². The van der Waals surface area contributed by atoms with E-state index in [0.717, 1.165) is 17.7 Å². The van der Waals surface area contributed by atoms with Gasteiger partial charge < -0.3 is 9.64 Å². The van der Waals surface area contributed by atoms with Crippen LogP contribution in [-0.2, 0) is 9.53 Å². The zero-order chi connectivity index (χ0) is 20.4. The van der Waals surface area contributed by atoms with Crippen LogP contribution in [0.2, 0.25) is 0 Å². The van der Waals surface area contributed by atoms with Gasteiger partial charge in [-0.2, -0.15) is 8.78 Å². The van der Waals surface area contributed by atoms with Crippen LogP contribution < -0.4 is 0 Å². The van der Waals surface area contributed by atoms with Crippen molar-refractivity contribution >= 4 is 16.9 Å². The number of ether oxygens (including phenoxy) is 1. The van der Waals surface area contributed by atoms with Crippen LogP contribution in [0.15, 0.2) is 24.3 Å². The number of hydrogen-bond acceptors (Lipinski definition) is 5. The molecule has 1 aromatic heterocycles. The highest BCUT2D eigenvalue weighted by Gasteiger charge is 2.29. The number of imidazole rings is 1. The largest absolute Gasteiger partial charge is 0.378 e. The number of rotatable bonds is 5. The van der Waals surface area contributed by atoms with Crippen molar-refractivity contribution in [1.82, 2.24) is 24.3 Å². The first kappa shape index (κ1) is 20.2. The van der Waals surface area contributed by atoms with Gasteiger partial charge in [-0.3, -0.25) is 19.2 Å². The molecule has 0 bridgehead atoms. The molecule has 1 aromatic carbocycles. The average Bonchev–Trinajstić information content (AvgIpc) is 3.14. The number of alkyl halides is 2. The lowest BCUT2D eigenvalue weighted by molar-refractivity contribution is -0.137. The summed E-state index contributed by atoms with van der Waals surface area (Å²) in [6.07, 6.45) is 0. The van der Waals surface area contributed by atoms with Crippen LogP contribution in [0, 0.1) is 0 Å². The Morgan fingerprint density at radius 3 is 2.48 bits per heavy atom. The molecular weight excluding hydrogens is 380 g/mol. The number of halogens is 2. The van der Waals surface area contributed by atoms with Crippen LogP contribution in [0.3, 0.4) is 0 Å². The normalized spacial score (nSPS) is 20.5. The standard InChI is InChI=1S/C20H27F2N5O2/c1-15(19-23-16-4-2-3-5-17(16)27(19)20(21)22)25-8-6-24(7-9-25)14-18(28)26-10-12-29-13-11-26/h2-5,15,20H,6-14H2,1H3/t15-/m0/s1. The van der Waals surface area contributed by atoms with Gasteiger partial charge in [0.05, 0.1) is 36.8 Å². The molecule has 2 fully saturated rings. The fourth-order valence-corrected chi connectivity index (χ4v) is 4.14. The maximum Gasteiger partial charge on any atom is 0.320 e. The summed E-state index contributed by atoms with van der Waals surface area (Å²) in [4.78, 5) is 23.1. The molecule has 0 N–H and O–H groups in total. The smallest absolute Gasteiger partial charge is 0.320 e. The Hall–Kier alpha value is -2.10. The van der Waals surface area contributed by atoms with Gasteiger partial charge in [0.2, 0.25) is 5.91 Å². The van der Waals surface area contributed by atoms with Crippen LogP contribution in [0.5, 0.6) is 0 Å². The molecule has 0 radical (unpaired) electrons. The highest BCUT2D eigenvalue weighted by Crippen LogP contribution is 2.29. The zero-order valence-corrected chi connectivity index (χ0v) is 16.6. The minimum Gasteiger partial charge on any atom is -0.378 e. The monoisotopic (exact) mass is 407 g/mol. The first-order chi connectivity index (χ1) is 14.0. The van der Waals surface area contributed by atoms with E-state index in [1.54, 1.807) is 18.2 Å². The molecule has 0 aliphatic carbocycles. The number of carbonyl (C=O) groups excluding carboxylic acids is 1. The lowest BCUT2D eigenvalue weighted by atomic mass is 10.2. The third-order valence-electron chi connectivity index (χ3n) is 5.87. The minimum atomic E-state index is -2.63. The van der Waals surface area contributed by atoms with Crippen molar-refractivity contribution in [3.8, 4) is 0 Å². The SMILES string of the molecule is C[C@@H](c1nc2ccccc2n1C(F)F)N1CCN(CC(=O)N2CCOCC2)CC1. The summed E-state index contributed by atoms with van der Waals surface area (Å²) in [6, 6.07) is 6.78. The van der Waals surface area contributed by atoms with E-state index >= 15 is 0 Å². The maximum atomic E-state index is 13.7. The molecular formula is C20H27F2N5O2. The van der Waals surface area contributed by atoms with Crippen LogP contribution in [0.1, 0.15) is 25.3 Å². The fraction of sp³-hybridized carbons (Fsp3) is 0.600. The molecule has 29 heavy (non-hydrogen) atoms. The molecule has 9 heteroatoms. The third-order valence-corrected chi connectivity index (χ3v) is 5.87. The van der Waals surface area contributed by atoms with E-state index in [1.807, 2.05) is 17.9 Å². The van der Waals surface area contributed by atoms with Crippen molar-refractivity contribution < 1.29 is 18.3 Å². The summed E-state index contributed by atoms with van der Waals surface area (Å²) >= 11 is 0. The second-order valence-electron chi connectivity index (χ2n) is 7.59. The van der Waals surface area contributed by atoms with E-state index in [1.165, 1.54) is 0 Å². The van der Waals surface area contributed by atoms with Gasteiger partial charge >= 0.3 is 6.55 Å². The van der Waals surface area contributed by atoms with Gasteiger partial charge in [0.25, 0.3) is 0 Å². The number of benzene rings is 1. The van der Waals surface area contributed by atoms with Crippen molar-refractivity contribution in [2.75, 3.05) is 59.0 Å². The molecule has 0 saturated carbocycles. The van der Waals surface area contributed by atoms with Crippen LogP contribution in [0.4, 0.5) is 8.78 Å². The van der Waals surface area contributed by atoms with Crippen LogP contribution in [-0.4, -0.2) is 89.2 Å². The van der Waals surface area contributed by atoms with Crippen molar-refractivity contribution in [2.45, 2.75) is 19.5 Å². The van der Waals surface area contributed by atoms with E-state index in [9.17, 15) is 13.6 Å². The van der Waals surface area contributed by atoms with Crippen molar-refractivity contribution in [3.63, 3.8) is 0 Å². The van der Waals surface area contributed by atoms with E-state index in [-0.39, 0.29) is 11.9 Å². The molecule has 0 spiro atoms. The summed E-state index contributed by atoms with van der Waals surface area (Å²) in [6.45, 7) is 5.08. The number of piperazine rings is 1. The number of hydrogen-bond donors (Lipinski definition) is 0. The molecule has 3 heterocycles.